The van der Waals surface area contributed by atoms with Crippen molar-refractivity contribution >= 4 is 28.4 Å². The third-order valence-electron chi connectivity index (χ3n) is 6.12. The molecule has 0 radical (unpaired) electrons. The third-order valence-corrected chi connectivity index (χ3v) is 7.07. The Hall–Kier alpha value is -3.83. The van der Waals surface area contributed by atoms with Crippen molar-refractivity contribution in [2.24, 2.45) is 0 Å². The maximum absolute atomic E-state index is 12.8. The number of nitrogens with zero attached hydrogens (tertiary/aromatic N) is 2. The van der Waals surface area contributed by atoms with E-state index in [0.29, 0.717) is 12.1 Å². The van der Waals surface area contributed by atoms with Gasteiger partial charge in [0, 0.05) is 35.0 Å². The van der Waals surface area contributed by atoms with Gasteiger partial charge in [-0.15, -0.1) is 0 Å². The van der Waals surface area contributed by atoms with Gasteiger partial charge in [-0.1, -0.05) is 103 Å². The van der Waals surface area contributed by atoms with Gasteiger partial charge in [-0.25, -0.2) is 4.98 Å². The molecule has 1 aromatic heterocycles. The van der Waals surface area contributed by atoms with Crippen LogP contribution in [-0.2, 0) is 0 Å². The smallest absolute Gasteiger partial charge is 0.251 e. The molecule has 1 N–H and O–H groups in total. The van der Waals surface area contributed by atoms with Gasteiger partial charge in [-0.2, -0.15) is 0 Å². The van der Waals surface area contributed by atoms with Crippen molar-refractivity contribution < 1.29 is 4.79 Å². The maximum atomic E-state index is 12.8. The van der Waals surface area contributed by atoms with E-state index in [1.54, 1.807) is 11.8 Å². The van der Waals surface area contributed by atoms with E-state index in [1.807, 2.05) is 60.7 Å². The van der Waals surface area contributed by atoms with Crippen molar-refractivity contribution in [1.29, 1.82) is 0 Å². The van der Waals surface area contributed by atoms with Gasteiger partial charge in [-0.05, 0) is 36.8 Å². The summed E-state index contributed by atoms with van der Waals surface area (Å²) < 4.78 is 2.31. The Bertz CT molecular complexity index is 1480. The summed E-state index contributed by atoms with van der Waals surface area (Å²) in [7, 11) is 0. The van der Waals surface area contributed by atoms with E-state index in [1.165, 1.54) is 0 Å². The highest BCUT2D eigenvalue weighted by Gasteiger charge is 2.22. The number of rotatable bonds is 8. The number of nitrogens with one attached hydrogen (secondary N) is 1. The third kappa shape index (κ3) is 5.07. The monoisotopic (exact) mass is 491 g/mol. The molecule has 0 bridgehead atoms. The fourth-order valence-corrected chi connectivity index (χ4v) is 5.39. The molecule has 1 heterocycles. The number of hydrogen-bond donors (Lipinski definition) is 1. The Morgan fingerprint density at radius 1 is 0.833 bits per heavy atom. The van der Waals surface area contributed by atoms with Crippen molar-refractivity contribution in [3.05, 3.63) is 109 Å². The molecule has 0 unspecified atom stereocenters. The fourth-order valence-electron chi connectivity index (χ4n) is 4.40. The number of aromatic nitrogens is 2. The van der Waals surface area contributed by atoms with Crippen LogP contribution in [-0.4, -0.2) is 27.8 Å². The molecule has 0 fully saturated rings. The van der Waals surface area contributed by atoms with Crippen LogP contribution in [0.5, 0.6) is 0 Å². The van der Waals surface area contributed by atoms with Gasteiger partial charge in [-0.3, -0.25) is 4.79 Å². The number of hydrogen-bond acceptors (Lipinski definition) is 3. The van der Waals surface area contributed by atoms with Crippen LogP contribution in [0.4, 0.5) is 0 Å². The number of carbonyl (C=O) groups is 1. The lowest BCUT2D eigenvalue weighted by molar-refractivity contribution is 0.0956. The zero-order chi connectivity index (χ0) is 24.9. The van der Waals surface area contributed by atoms with Crippen LogP contribution in [0, 0.1) is 0 Å². The Morgan fingerprint density at radius 2 is 1.47 bits per heavy atom. The van der Waals surface area contributed by atoms with Crippen LogP contribution in [0.25, 0.3) is 33.3 Å². The summed E-state index contributed by atoms with van der Waals surface area (Å²) in [6.07, 6.45) is 0. The SMILES string of the molecule is CC(C)n1c(SCCNC(=O)c2ccc3ccccc3c2)nc(-c2ccccc2)c1-c1ccccc1. The molecule has 36 heavy (non-hydrogen) atoms. The fraction of sp³-hybridized carbons (Fsp3) is 0.161. The lowest BCUT2D eigenvalue weighted by Gasteiger charge is -2.16. The maximum Gasteiger partial charge on any atom is 0.251 e. The average Bonchev–Trinajstić information content (AvgIpc) is 3.31. The van der Waals surface area contributed by atoms with Gasteiger partial charge in [0.1, 0.15) is 0 Å². The minimum atomic E-state index is -0.0523. The zero-order valence-electron chi connectivity index (χ0n) is 20.5. The number of fused-ring (bicyclic) bond motifs is 1. The lowest BCUT2D eigenvalue weighted by Crippen LogP contribution is -2.25. The molecule has 5 rings (SSSR count). The molecular weight excluding hydrogens is 462 g/mol. The molecule has 0 atom stereocenters. The van der Waals surface area contributed by atoms with Crippen molar-refractivity contribution in [3.63, 3.8) is 0 Å². The summed E-state index contributed by atoms with van der Waals surface area (Å²) >= 11 is 1.68. The van der Waals surface area contributed by atoms with Crippen LogP contribution in [0.3, 0.4) is 0 Å². The summed E-state index contributed by atoms with van der Waals surface area (Å²) in [6, 6.07) is 34.9. The predicted octanol–water partition coefficient (Wildman–Crippen LogP) is 7.47. The topological polar surface area (TPSA) is 46.9 Å². The number of amides is 1. The molecular formula is C31H29N3OS. The predicted molar refractivity (Wildman–Crippen MR) is 150 cm³/mol. The van der Waals surface area contributed by atoms with Gasteiger partial charge in [0.15, 0.2) is 5.16 Å². The number of thioether (sulfide) groups is 1. The highest BCUT2D eigenvalue weighted by Crippen LogP contribution is 2.38. The van der Waals surface area contributed by atoms with Gasteiger partial charge in [0.05, 0.1) is 11.4 Å². The van der Waals surface area contributed by atoms with E-state index in [4.69, 9.17) is 4.98 Å². The lowest BCUT2D eigenvalue weighted by atomic mass is 10.0. The first-order chi connectivity index (χ1) is 17.6. The van der Waals surface area contributed by atoms with Crippen LogP contribution in [0.15, 0.2) is 108 Å². The highest BCUT2D eigenvalue weighted by atomic mass is 32.2. The molecule has 0 saturated carbocycles. The summed E-state index contributed by atoms with van der Waals surface area (Å²) in [4.78, 5) is 17.9. The summed E-state index contributed by atoms with van der Waals surface area (Å²) in [6.45, 7) is 4.94. The molecule has 180 valence electrons. The van der Waals surface area contributed by atoms with Crippen molar-refractivity contribution in [2.45, 2.75) is 25.0 Å². The van der Waals surface area contributed by atoms with Crippen molar-refractivity contribution in [3.8, 4) is 22.5 Å². The first kappa shape index (κ1) is 23.9. The first-order valence-corrected chi connectivity index (χ1v) is 13.2. The second-order valence-corrected chi connectivity index (χ2v) is 10.0. The van der Waals surface area contributed by atoms with Gasteiger partial charge >= 0.3 is 0 Å². The Kier molecular flexibility index (Phi) is 7.19. The molecule has 5 heteroatoms. The second kappa shape index (κ2) is 10.8. The Labute approximate surface area is 216 Å². The molecule has 0 spiro atoms. The van der Waals surface area contributed by atoms with Gasteiger partial charge in [0.2, 0.25) is 0 Å². The average molecular weight is 492 g/mol. The van der Waals surface area contributed by atoms with E-state index >= 15 is 0 Å². The quantitative estimate of drug-likeness (QED) is 0.181. The number of imidazole rings is 1. The molecule has 4 aromatic carbocycles. The van der Waals surface area contributed by atoms with E-state index in [-0.39, 0.29) is 11.9 Å². The molecule has 0 aliphatic heterocycles. The largest absolute Gasteiger partial charge is 0.351 e. The van der Waals surface area contributed by atoms with Gasteiger partial charge in [0.25, 0.3) is 5.91 Å². The number of carbonyl (C=O) groups excluding carboxylic acids is 1. The Morgan fingerprint density at radius 3 is 2.17 bits per heavy atom. The van der Waals surface area contributed by atoms with E-state index in [9.17, 15) is 4.79 Å². The van der Waals surface area contributed by atoms with E-state index in [0.717, 1.165) is 44.2 Å². The molecule has 0 aliphatic carbocycles. The first-order valence-electron chi connectivity index (χ1n) is 12.2. The van der Waals surface area contributed by atoms with Crippen LogP contribution >= 0.6 is 11.8 Å². The Balaban J connectivity index is 1.35. The zero-order valence-corrected chi connectivity index (χ0v) is 21.3. The summed E-state index contributed by atoms with van der Waals surface area (Å²) in [5, 5.41) is 6.23. The normalized spacial score (nSPS) is 11.2. The minimum Gasteiger partial charge on any atom is -0.351 e. The van der Waals surface area contributed by atoms with E-state index < -0.39 is 0 Å². The van der Waals surface area contributed by atoms with E-state index in [2.05, 4.69) is 66.2 Å². The van der Waals surface area contributed by atoms with Crippen LogP contribution in [0.1, 0.15) is 30.2 Å². The molecule has 0 aliphatic rings. The van der Waals surface area contributed by atoms with Crippen LogP contribution in [0.2, 0.25) is 0 Å². The molecule has 0 saturated heterocycles. The van der Waals surface area contributed by atoms with Crippen molar-refractivity contribution in [2.75, 3.05) is 12.3 Å². The van der Waals surface area contributed by atoms with Crippen LogP contribution < -0.4 is 5.32 Å². The second-order valence-electron chi connectivity index (χ2n) is 8.95. The van der Waals surface area contributed by atoms with Crippen molar-refractivity contribution in [1.82, 2.24) is 14.9 Å². The molecule has 4 nitrogen and oxygen atoms in total. The van der Waals surface area contributed by atoms with Gasteiger partial charge < -0.3 is 9.88 Å². The molecule has 5 aromatic rings. The highest BCUT2D eigenvalue weighted by molar-refractivity contribution is 7.99. The standard InChI is InChI=1S/C31H29N3OS/c1-22(2)34-29(25-14-7-4-8-15-25)28(24-12-5-3-6-13-24)33-31(34)36-20-19-32-30(35)27-18-17-23-11-9-10-16-26(23)21-27/h3-18,21-22H,19-20H2,1-2H3,(H,32,35). The summed E-state index contributed by atoms with van der Waals surface area (Å²) in [5.41, 5.74) is 5.04. The number of benzene rings is 4. The summed E-state index contributed by atoms with van der Waals surface area (Å²) in [5.74, 6) is 0.675. The minimum absolute atomic E-state index is 0.0523. The molecule has 1 amide bonds.